The van der Waals surface area contributed by atoms with Crippen molar-refractivity contribution in [2.24, 2.45) is 0 Å². The van der Waals surface area contributed by atoms with E-state index in [1.54, 1.807) is 0 Å². The minimum atomic E-state index is -0.521. The monoisotopic (exact) mass is 348 g/mol. The molecule has 3 aromatic rings. The first-order valence-corrected chi connectivity index (χ1v) is 9.26. The number of hydrogen-bond donors (Lipinski definition) is 2. The third kappa shape index (κ3) is 4.06. The van der Waals surface area contributed by atoms with Crippen LogP contribution in [0.15, 0.2) is 72.8 Å². The van der Waals surface area contributed by atoms with Gasteiger partial charge in [0.1, 0.15) is 0 Å². The molecule has 0 aliphatic carbocycles. The van der Waals surface area contributed by atoms with E-state index in [1.165, 1.54) is 17.0 Å². The maximum Gasteiger partial charge on any atom is 0.0940 e. The highest BCUT2D eigenvalue weighted by molar-refractivity contribution is 5.25. The molecule has 0 amide bonds. The molecule has 3 nitrogen and oxygen atoms in total. The van der Waals surface area contributed by atoms with Gasteiger partial charge in [-0.2, -0.15) is 0 Å². The minimum absolute atomic E-state index is 0.0342. The van der Waals surface area contributed by atoms with Crippen molar-refractivity contribution in [3.63, 3.8) is 0 Å². The lowest BCUT2D eigenvalue weighted by Gasteiger charge is -2.24. The van der Waals surface area contributed by atoms with Gasteiger partial charge in [0.2, 0.25) is 0 Å². The van der Waals surface area contributed by atoms with Gasteiger partial charge < -0.3 is 15.0 Å². The van der Waals surface area contributed by atoms with E-state index in [2.05, 4.69) is 60.1 Å². The van der Waals surface area contributed by atoms with E-state index in [0.717, 1.165) is 12.1 Å². The van der Waals surface area contributed by atoms with Gasteiger partial charge in [-0.15, -0.1) is 0 Å². The average molecular weight is 348 g/mol. The molecule has 0 aliphatic heterocycles. The van der Waals surface area contributed by atoms with Crippen LogP contribution in [0.2, 0.25) is 0 Å². The Morgan fingerprint density at radius 2 is 1.42 bits per heavy atom. The van der Waals surface area contributed by atoms with E-state index in [1.807, 2.05) is 43.3 Å². The number of benzene rings is 2. The number of nitrogens with one attached hydrogen (secondary N) is 1. The van der Waals surface area contributed by atoms with Gasteiger partial charge in [-0.1, -0.05) is 60.7 Å². The fraction of sp³-hybridized carbons (Fsp3) is 0.304. The number of rotatable bonds is 7. The summed E-state index contributed by atoms with van der Waals surface area (Å²) in [7, 11) is 0. The molecule has 2 aromatic carbocycles. The Balaban J connectivity index is 1.71. The summed E-state index contributed by atoms with van der Waals surface area (Å²) in [5.74, 6) is 0. The summed E-state index contributed by atoms with van der Waals surface area (Å²) in [5, 5.41) is 14.0. The molecule has 0 radical (unpaired) electrons. The molecule has 2 N–H and O–H groups in total. The van der Waals surface area contributed by atoms with Crippen LogP contribution in [-0.4, -0.2) is 15.7 Å². The number of aryl methyl sites for hydroxylation is 1. The number of aliphatic hydroxyl groups is 1. The topological polar surface area (TPSA) is 37.2 Å². The van der Waals surface area contributed by atoms with Crippen molar-refractivity contribution in [1.82, 2.24) is 9.88 Å². The zero-order chi connectivity index (χ0) is 18.5. The van der Waals surface area contributed by atoms with Crippen LogP contribution in [-0.2, 0) is 6.54 Å². The van der Waals surface area contributed by atoms with Gasteiger partial charge in [-0.25, -0.2) is 0 Å². The highest BCUT2D eigenvalue weighted by Crippen LogP contribution is 2.23. The number of aromatic nitrogens is 1. The molecule has 3 atom stereocenters. The van der Waals surface area contributed by atoms with Gasteiger partial charge >= 0.3 is 0 Å². The van der Waals surface area contributed by atoms with E-state index in [4.69, 9.17) is 0 Å². The second-order valence-corrected chi connectivity index (χ2v) is 6.95. The highest BCUT2D eigenvalue weighted by atomic mass is 16.3. The maximum absolute atomic E-state index is 10.6. The first-order chi connectivity index (χ1) is 12.6. The van der Waals surface area contributed by atoms with E-state index >= 15 is 0 Å². The summed E-state index contributed by atoms with van der Waals surface area (Å²) in [5.41, 5.74) is 4.71. The third-order valence-corrected chi connectivity index (χ3v) is 5.10. The molecule has 3 rings (SSSR count). The first-order valence-electron chi connectivity index (χ1n) is 9.26. The third-order valence-electron chi connectivity index (χ3n) is 5.10. The maximum atomic E-state index is 10.6. The quantitative estimate of drug-likeness (QED) is 0.654. The summed E-state index contributed by atoms with van der Waals surface area (Å²) >= 11 is 0. The zero-order valence-corrected chi connectivity index (χ0v) is 15.8. The van der Waals surface area contributed by atoms with E-state index in [0.29, 0.717) is 0 Å². The van der Waals surface area contributed by atoms with Crippen LogP contribution in [0.1, 0.15) is 48.5 Å². The van der Waals surface area contributed by atoms with Crippen molar-refractivity contribution < 1.29 is 5.11 Å². The van der Waals surface area contributed by atoms with E-state index < -0.39 is 6.10 Å². The van der Waals surface area contributed by atoms with Crippen molar-refractivity contribution in [2.75, 3.05) is 0 Å². The second kappa shape index (κ2) is 8.35. The van der Waals surface area contributed by atoms with Gasteiger partial charge in [0, 0.05) is 24.0 Å². The molecule has 0 spiro atoms. The second-order valence-electron chi connectivity index (χ2n) is 6.95. The van der Waals surface area contributed by atoms with Crippen LogP contribution in [0.5, 0.6) is 0 Å². The van der Waals surface area contributed by atoms with E-state index in [9.17, 15) is 5.11 Å². The summed E-state index contributed by atoms with van der Waals surface area (Å²) in [6.07, 6.45) is -0.521. The predicted molar refractivity (Wildman–Crippen MR) is 107 cm³/mol. The number of hydrogen-bond acceptors (Lipinski definition) is 2. The van der Waals surface area contributed by atoms with Crippen LogP contribution in [0.25, 0.3) is 0 Å². The van der Waals surface area contributed by atoms with Crippen molar-refractivity contribution in [3.05, 3.63) is 95.3 Å². The molecular formula is C23H28N2O. The lowest BCUT2D eigenvalue weighted by molar-refractivity contribution is 0.135. The zero-order valence-electron chi connectivity index (χ0n) is 15.8. The highest BCUT2D eigenvalue weighted by Gasteiger charge is 2.18. The molecule has 0 fully saturated rings. The molecule has 3 heteroatoms. The van der Waals surface area contributed by atoms with Gasteiger partial charge in [0.15, 0.2) is 0 Å². The molecule has 1 heterocycles. The lowest BCUT2D eigenvalue weighted by atomic mass is 10.0. The van der Waals surface area contributed by atoms with Gasteiger partial charge in [-0.3, -0.25) is 0 Å². The largest absolute Gasteiger partial charge is 0.387 e. The van der Waals surface area contributed by atoms with Crippen LogP contribution in [0, 0.1) is 6.92 Å². The van der Waals surface area contributed by atoms with Crippen molar-refractivity contribution in [3.8, 4) is 0 Å². The molecule has 1 aromatic heterocycles. The minimum Gasteiger partial charge on any atom is -0.387 e. The van der Waals surface area contributed by atoms with E-state index in [-0.39, 0.29) is 12.1 Å². The van der Waals surface area contributed by atoms with Gasteiger partial charge in [-0.05, 0) is 44.0 Å². The summed E-state index contributed by atoms with van der Waals surface area (Å²) in [6, 6.07) is 24.9. The van der Waals surface area contributed by atoms with Gasteiger partial charge in [0.05, 0.1) is 12.1 Å². The smallest absolute Gasteiger partial charge is 0.0940 e. The fourth-order valence-corrected chi connectivity index (χ4v) is 3.50. The van der Waals surface area contributed by atoms with Crippen molar-refractivity contribution >= 4 is 0 Å². The predicted octanol–water partition coefficient (Wildman–Crippen LogP) is 4.62. The SMILES string of the molecule is Cc1ccc(CN[C@H](C)[C@@H](O)c2ccccc2)n1[C@H](C)c1ccccc1. The average Bonchev–Trinajstić information content (AvgIpc) is 3.06. The number of nitrogens with zero attached hydrogens (tertiary/aromatic N) is 1. The summed E-state index contributed by atoms with van der Waals surface area (Å²) in [4.78, 5) is 0. The molecule has 0 unspecified atom stereocenters. The summed E-state index contributed by atoms with van der Waals surface area (Å²) < 4.78 is 2.37. The van der Waals surface area contributed by atoms with Crippen molar-refractivity contribution in [2.45, 2.75) is 45.5 Å². The molecule has 136 valence electrons. The Labute approximate surface area is 156 Å². The van der Waals surface area contributed by atoms with Gasteiger partial charge in [0.25, 0.3) is 0 Å². The molecule has 0 saturated heterocycles. The fourth-order valence-electron chi connectivity index (χ4n) is 3.50. The van der Waals surface area contributed by atoms with Crippen LogP contribution in [0.3, 0.4) is 0 Å². The Kier molecular flexibility index (Phi) is 5.92. The standard InChI is InChI=1S/C23H28N2O/c1-17-14-15-22(25(17)19(3)20-10-6-4-7-11-20)16-24-18(2)23(26)21-12-8-5-9-13-21/h4-15,18-19,23-24,26H,16H2,1-3H3/t18-,19-,23-/m1/s1. The Hall–Kier alpha value is -2.36. The Morgan fingerprint density at radius 3 is 2.04 bits per heavy atom. The van der Waals surface area contributed by atoms with Crippen LogP contribution < -0.4 is 5.32 Å². The van der Waals surface area contributed by atoms with Crippen molar-refractivity contribution in [1.29, 1.82) is 0 Å². The summed E-state index contributed by atoms with van der Waals surface area (Å²) in [6.45, 7) is 7.12. The molecule has 0 saturated carbocycles. The van der Waals surface area contributed by atoms with Crippen LogP contribution >= 0.6 is 0 Å². The lowest BCUT2D eigenvalue weighted by Crippen LogP contribution is -2.32. The van der Waals surface area contributed by atoms with Crippen LogP contribution in [0.4, 0.5) is 0 Å². The normalized spacial score (nSPS) is 14.8. The molecular weight excluding hydrogens is 320 g/mol. The molecule has 0 bridgehead atoms. The Bertz CT molecular complexity index is 811. The Morgan fingerprint density at radius 1 is 0.846 bits per heavy atom. The number of aliphatic hydroxyl groups excluding tert-OH is 1. The first kappa shape index (κ1) is 18.4. The molecule has 0 aliphatic rings. The molecule has 26 heavy (non-hydrogen) atoms.